The van der Waals surface area contributed by atoms with Gasteiger partial charge in [-0.15, -0.1) is 0 Å². The molecule has 0 aliphatic carbocycles. The van der Waals surface area contributed by atoms with E-state index in [0.29, 0.717) is 27.9 Å². The van der Waals surface area contributed by atoms with Crippen LogP contribution in [0, 0.1) is 0 Å². The summed E-state index contributed by atoms with van der Waals surface area (Å²) in [5.41, 5.74) is 1.78. The third-order valence-corrected chi connectivity index (χ3v) is 2.67. The van der Waals surface area contributed by atoms with Crippen LogP contribution in [-0.4, -0.2) is 15.7 Å². The van der Waals surface area contributed by atoms with Crippen LogP contribution in [-0.2, 0) is 0 Å². The number of nitrogens with zero attached hydrogens (tertiary/aromatic N) is 2. The van der Waals surface area contributed by atoms with Gasteiger partial charge in [-0.3, -0.25) is 4.79 Å². The number of hydrogen-bond acceptors (Lipinski definition) is 3. The van der Waals surface area contributed by atoms with Gasteiger partial charge in [-0.05, 0) is 35.9 Å². The van der Waals surface area contributed by atoms with Crippen LogP contribution in [0.2, 0.25) is 5.22 Å². The van der Waals surface area contributed by atoms with Crippen LogP contribution in [0.5, 0.6) is 0 Å². The Kier molecular flexibility index (Phi) is 2.23. The highest BCUT2D eigenvalue weighted by Gasteiger charge is 2.10. The van der Waals surface area contributed by atoms with Gasteiger partial charge >= 0.3 is 0 Å². The van der Waals surface area contributed by atoms with Gasteiger partial charge < -0.3 is 8.82 Å². The molecule has 84 valence electrons. The van der Waals surface area contributed by atoms with Crippen molar-refractivity contribution < 1.29 is 9.21 Å². The van der Waals surface area contributed by atoms with Gasteiger partial charge in [0, 0.05) is 12.4 Å². The Morgan fingerprint density at radius 2 is 2.24 bits per heavy atom. The van der Waals surface area contributed by atoms with Gasteiger partial charge in [0.1, 0.15) is 11.3 Å². The highest BCUT2D eigenvalue weighted by Crippen LogP contribution is 2.24. The summed E-state index contributed by atoms with van der Waals surface area (Å²) in [5.74, 6) is 0.579. The van der Waals surface area contributed by atoms with E-state index in [1.807, 2.05) is 6.20 Å². The van der Waals surface area contributed by atoms with E-state index in [9.17, 15) is 4.79 Å². The molecule has 0 amide bonds. The number of pyridine rings is 1. The van der Waals surface area contributed by atoms with Gasteiger partial charge in [-0.1, -0.05) is 0 Å². The molecule has 3 aromatic rings. The van der Waals surface area contributed by atoms with Crippen molar-refractivity contribution in [1.29, 1.82) is 0 Å². The molecule has 0 N–H and O–H groups in total. The lowest BCUT2D eigenvalue weighted by atomic mass is 10.3. The Balaban J connectivity index is 2.23. The second kappa shape index (κ2) is 3.75. The molecule has 4 nitrogen and oxygen atoms in total. The number of aldehydes is 1. The molecular formula is C12H7ClN2O2. The summed E-state index contributed by atoms with van der Waals surface area (Å²) in [6, 6.07) is 6.90. The van der Waals surface area contributed by atoms with Gasteiger partial charge in [0.05, 0.1) is 5.56 Å². The van der Waals surface area contributed by atoms with Gasteiger partial charge in [0.15, 0.2) is 17.3 Å². The van der Waals surface area contributed by atoms with Crippen molar-refractivity contribution >= 4 is 23.5 Å². The van der Waals surface area contributed by atoms with Gasteiger partial charge in [-0.2, -0.15) is 0 Å². The average Bonchev–Trinajstić information content (AvgIpc) is 2.93. The first-order valence-electron chi connectivity index (χ1n) is 4.96. The summed E-state index contributed by atoms with van der Waals surface area (Å²) in [6.45, 7) is 0. The summed E-state index contributed by atoms with van der Waals surface area (Å²) in [6.07, 6.45) is 4.39. The normalized spacial score (nSPS) is 10.9. The number of hydrogen-bond donors (Lipinski definition) is 0. The van der Waals surface area contributed by atoms with Crippen LogP contribution < -0.4 is 0 Å². The number of rotatable bonds is 2. The number of imidazole rings is 1. The Bertz CT molecular complexity index is 699. The molecule has 0 unspecified atom stereocenters. The van der Waals surface area contributed by atoms with Gasteiger partial charge in [-0.25, -0.2) is 4.98 Å². The molecule has 0 aliphatic heterocycles. The highest BCUT2D eigenvalue weighted by molar-refractivity contribution is 6.28. The van der Waals surface area contributed by atoms with E-state index in [4.69, 9.17) is 16.0 Å². The first-order chi connectivity index (χ1) is 8.28. The third kappa shape index (κ3) is 1.62. The molecule has 0 saturated carbocycles. The van der Waals surface area contributed by atoms with Crippen molar-refractivity contribution in [2.75, 3.05) is 0 Å². The minimum atomic E-state index is 0.313. The number of aromatic nitrogens is 2. The fourth-order valence-electron chi connectivity index (χ4n) is 1.70. The van der Waals surface area contributed by atoms with Crippen LogP contribution in [0.3, 0.4) is 0 Å². The molecular weight excluding hydrogens is 240 g/mol. The van der Waals surface area contributed by atoms with Crippen molar-refractivity contribution in [3.63, 3.8) is 0 Å². The van der Waals surface area contributed by atoms with Crippen LogP contribution >= 0.6 is 11.6 Å². The molecule has 0 saturated heterocycles. The maximum Gasteiger partial charge on any atom is 0.194 e. The van der Waals surface area contributed by atoms with Crippen LogP contribution in [0.4, 0.5) is 0 Å². The fourth-order valence-corrected chi connectivity index (χ4v) is 1.84. The van der Waals surface area contributed by atoms with Crippen molar-refractivity contribution in [2.45, 2.75) is 0 Å². The van der Waals surface area contributed by atoms with E-state index in [2.05, 4.69) is 4.98 Å². The number of furan rings is 1. The molecule has 0 spiro atoms. The molecule has 3 aromatic heterocycles. The van der Waals surface area contributed by atoms with Gasteiger partial charge in [0.25, 0.3) is 0 Å². The van der Waals surface area contributed by atoms with E-state index < -0.39 is 0 Å². The standard InChI is InChI=1S/C12H7ClN2O2/c13-11-4-3-10(17-11)9-6-15-5-1-2-8(7-16)12(15)14-9/h1-7H. The van der Waals surface area contributed by atoms with Crippen molar-refractivity contribution in [3.8, 4) is 11.5 Å². The second-order valence-electron chi connectivity index (χ2n) is 3.54. The Hall–Kier alpha value is -2.07. The Morgan fingerprint density at radius 3 is 2.94 bits per heavy atom. The molecule has 5 heteroatoms. The lowest BCUT2D eigenvalue weighted by Gasteiger charge is -1.93. The molecule has 0 aliphatic rings. The summed E-state index contributed by atoms with van der Waals surface area (Å²) >= 11 is 5.71. The molecule has 17 heavy (non-hydrogen) atoms. The summed E-state index contributed by atoms with van der Waals surface area (Å²) in [4.78, 5) is 15.2. The molecule has 0 fully saturated rings. The maximum absolute atomic E-state index is 10.9. The minimum absolute atomic E-state index is 0.313. The van der Waals surface area contributed by atoms with E-state index in [1.165, 1.54) is 0 Å². The molecule has 3 heterocycles. The first kappa shape index (κ1) is 10.1. The number of carbonyl (C=O) groups is 1. The lowest BCUT2D eigenvalue weighted by Crippen LogP contribution is -1.88. The molecule has 0 atom stereocenters. The van der Waals surface area contributed by atoms with Crippen LogP contribution in [0.15, 0.2) is 41.1 Å². The van der Waals surface area contributed by atoms with Crippen molar-refractivity contribution in [1.82, 2.24) is 9.38 Å². The van der Waals surface area contributed by atoms with Crippen molar-refractivity contribution in [3.05, 3.63) is 47.4 Å². The lowest BCUT2D eigenvalue weighted by molar-refractivity contribution is 0.112. The topological polar surface area (TPSA) is 47.5 Å². The number of carbonyl (C=O) groups excluding carboxylic acids is 1. The van der Waals surface area contributed by atoms with Crippen molar-refractivity contribution in [2.24, 2.45) is 0 Å². The zero-order valence-electron chi connectivity index (χ0n) is 8.63. The number of fused-ring (bicyclic) bond motifs is 1. The van der Waals surface area contributed by atoms with Crippen LogP contribution in [0.25, 0.3) is 17.1 Å². The largest absolute Gasteiger partial charge is 0.443 e. The zero-order valence-corrected chi connectivity index (χ0v) is 9.39. The number of halogens is 1. The van der Waals surface area contributed by atoms with E-state index in [-0.39, 0.29) is 0 Å². The smallest absolute Gasteiger partial charge is 0.194 e. The summed E-state index contributed by atoms with van der Waals surface area (Å²) in [5, 5.41) is 0.313. The SMILES string of the molecule is O=Cc1cccn2cc(-c3ccc(Cl)o3)nc12. The van der Waals surface area contributed by atoms with Gasteiger partial charge in [0.2, 0.25) is 0 Å². The van der Waals surface area contributed by atoms with E-state index >= 15 is 0 Å². The monoisotopic (exact) mass is 246 g/mol. The first-order valence-corrected chi connectivity index (χ1v) is 5.34. The summed E-state index contributed by atoms with van der Waals surface area (Å²) < 4.78 is 7.05. The molecule has 3 rings (SSSR count). The predicted molar refractivity (Wildman–Crippen MR) is 63.3 cm³/mol. The zero-order chi connectivity index (χ0) is 11.8. The third-order valence-electron chi connectivity index (χ3n) is 2.47. The fraction of sp³-hybridized carbons (Fsp3) is 0. The highest BCUT2D eigenvalue weighted by atomic mass is 35.5. The summed E-state index contributed by atoms with van der Waals surface area (Å²) in [7, 11) is 0. The van der Waals surface area contributed by atoms with E-state index in [0.717, 1.165) is 6.29 Å². The molecule has 0 radical (unpaired) electrons. The van der Waals surface area contributed by atoms with Crippen LogP contribution in [0.1, 0.15) is 10.4 Å². The minimum Gasteiger partial charge on any atom is -0.443 e. The predicted octanol–water partition coefficient (Wildman–Crippen LogP) is 3.06. The second-order valence-corrected chi connectivity index (χ2v) is 3.91. The molecule has 0 aromatic carbocycles. The van der Waals surface area contributed by atoms with E-state index in [1.54, 1.807) is 34.9 Å². The average molecular weight is 247 g/mol. The Morgan fingerprint density at radius 1 is 1.35 bits per heavy atom. The quantitative estimate of drug-likeness (QED) is 0.653. The maximum atomic E-state index is 10.9. The Labute approximate surface area is 101 Å². The molecule has 0 bridgehead atoms.